The van der Waals surface area contributed by atoms with Gasteiger partial charge in [-0.1, -0.05) is 64.9 Å². The van der Waals surface area contributed by atoms with Crippen molar-refractivity contribution in [3.8, 4) is 28.3 Å². The van der Waals surface area contributed by atoms with Crippen molar-refractivity contribution in [3.05, 3.63) is 75.2 Å². The third-order valence-electron chi connectivity index (χ3n) is 4.65. The summed E-state index contributed by atoms with van der Waals surface area (Å²) in [5.41, 5.74) is 3.65. The largest absolute Gasteiger partial charge is 0.480 e. The normalized spacial score (nSPS) is 10.6. The van der Waals surface area contributed by atoms with E-state index in [4.69, 9.17) is 27.9 Å². The summed E-state index contributed by atoms with van der Waals surface area (Å²) in [7, 11) is 1.45. The van der Waals surface area contributed by atoms with Crippen molar-refractivity contribution in [3.63, 3.8) is 0 Å². The smallest absolute Gasteiger partial charge is 0.224 e. The van der Waals surface area contributed by atoms with E-state index in [-0.39, 0.29) is 5.88 Å². The second kappa shape index (κ2) is 9.48. The predicted octanol–water partition coefficient (Wildman–Crippen LogP) is 6.56. The molecule has 0 spiro atoms. The number of nitrogens with one attached hydrogen (secondary N) is 1. The van der Waals surface area contributed by atoms with Crippen LogP contribution in [-0.4, -0.2) is 29.7 Å². The summed E-state index contributed by atoms with van der Waals surface area (Å²) in [5, 5.41) is 4.61. The van der Waals surface area contributed by atoms with Gasteiger partial charge in [0.1, 0.15) is 0 Å². The summed E-state index contributed by atoms with van der Waals surface area (Å²) in [6.45, 7) is 0. The summed E-state index contributed by atoms with van der Waals surface area (Å²) in [6, 6.07) is 14.4. The number of carbonyl (C=O) groups is 2. The van der Waals surface area contributed by atoms with Crippen LogP contribution in [0.4, 0.5) is 10.8 Å². The summed E-state index contributed by atoms with van der Waals surface area (Å²) in [4.78, 5) is 31.2. The lowest BCUT2D eigenvalue weighted by Crippen LogP contribution is -1.96. The van der Waals surface area contributed by atoms with E-state index in [0.717, 1.165) is 6.29 Å². The molecule has 4 aromatic rings. The zero-order chi connectivity index (χ0) is 22.7. The van der Waals surface area contributed by atoms with Crippen LogP contribution < -0.4 is 10.1 Å². The van der Waals surface area contributed by atoms with Crippen LogP contribution >= 0.6 is 34.5 Å². The number of halogens is 2. The Morgan fingerprint density at radius 3 is 2.34 bits per heavy atom. The number of thiazole rings is 1. The Kier molecular flexibility index (Phi) is 6.50. The Morgan fingerprint density at radius 1 is 0.938 bits per heavy atom. The van der Waals surface area contributed by atoms with Gasteiger partial charge in [-0.05, 0) is 18.2 Å². The molecule has 1 N–H and O–H groups in total. The lowest BCUT2D eigenvalue weighted by molar-refractivity contribution is 0.111. The number of aromatic nitrogens is 2. The van der Waals surface area contributed by atoms with Crippen LogP contribution in [0.3, 0.4) is 0 Å². The number of hydrogen-bond acceptors (Lipinski definition) is 7. The van der Waals surface area contributed by atoms with E-state index in [1.807, 2.05) is 36.4 Å². The molecular formula is C23H15Cl2N3O3S. The number of carbonyl (C=O) groups excluding carboxylic acids is 2. The third kappa shape index (κ3) is 4.23. The highest BCUT2D eigenvalue weighted by Crippen LogP contribution is 2.42. The molecule has 0 saturated carbocycles. The van der Waals surface area contributed by atoms with Gasteiger partial charge in [0, 0.05) is 16.7 Å². The molecule has 0 unspecified atom stereocenters. The van der Waals surface area contributed by atoms with Gasteiger partial charge in [-0.25, -0.2) is 9.97 Å². The second-order valence-electron chi connectivity index (χ2n) is 6.56. The van der Waals surface area contributed by atoms with Crippen molar-refractivity contribution in [2.75, 3.05) is 12.4 Å². The molecule has 6 nitrogen and oxygen atoms in total. The Balaban J connectivity index is 1.75. The maximum absolute atomic E-state index is 11.2. The zero-order valence-corrected chi connectivity index (χ0v) is 19.0. The molecule has 2 heterocycles. The molecule has 32 heavy (non-hydrogen) atoms. The van der Waals surface area contributed by atoms with E-state index in [2.05, 4.69) is 15.3 Å². The number of anilines is 2. The van der Waals surface area contributed by atoms with Crippen LogP contribution in [0.25, 0.3) is 22.4 Å². The molecule has 0 aliphatic rings. The van der Waals surface area contributed by atoms with Crippen molar-refractivity contribution in [1.82, 2.24) is 9.97 Å². The van der Waals surface area contributed by atoms with Crippen molar-refractivity contribution in [1.29, 1.82) is 0 Å². The van der Waals surface area contributed by atoms with Crippen LogP contribution in [0.2, 0.25) is 10.0 Å². The number of nitrogens with zero attached hydrogens (tertiary/aromatic N) is 2. The average molecular weight is 484 g/mol. The zero-order valence-electron chi connectivity index (χ0n) is 16.6. The summed E-state index contributed by atoms with van der Waals surface area (Å²) < 4.78 is 5.21. The molecule has 0 bridgehead atoms. The van der Waals surface area contributed by atoms with E-state index in [9.17, 15) is 9.59 Å². The fourth-order valence-electron chi connectivity index (χ4n) is 3.14. The Hall–Kier alpha value is -3.26. The Bertz CT molecular complexity index is 1320. The van der Waals surface area contributed by atoms with Gasteiger partial charge in [0.05, 0.1) is 45.2 Å². The van der Waals surface area contributed by atoms with E-state index in [0.29, 0.717) is 60.0 Å². The van der Waals surface area contributed by atoms with Gasteiger partial charge in [0.2, 0.25) is 5.88 Å². The highest BCUT2D eigenvalue weighted by Gasteiger charge is 2.17. The third-order valence-corrected chi connectivity index (χ3v) is 6.31. The van der Waals surface area contributed by atoms with E-state index in [1.165, 1.54) is 24.6 Å². The van der Waals surface area contributed by atoms with Crippen LogP contribution in [-0.2, 0) is 0 Å². The van der Waals surface area contributed by atoms with Gasteiger partial charge < -0.3 is 10.1 Å². The maximum atomic E-state index is 11.2. The quantitative estimate of drug-likeness (QED) is 0.300. The average Bonchev–Trinajstić information content (AvgIpc) is 3.28. The lowest BCUT2D eigenvalue weighted by atomic mass is 10.00. The summed E-state index contributed by atoms with van der Waals surface area (Å²) in [5.74, 6) is 0.223. The molecule has 2 aromatic heterocycles. The SMILES string of the molecule is COc1nc(-c2cccc(-c3cccc(Nc4ncc(C=O)s4)c3Cl)c2Cl)ccc1C=O. The number of hydrogen-bond donors (Lipinski definition) is 1. The minimum absolute atomic E-state index is 0.223. The van der Waals surface area contributed by atoms with Gasteiger partial charge in [0.25, 0.3) is 0 Å². The summed E-state index contributed by atoms with van der Waals surface area (Å²) in [6.07, 6.45) is 2.93. The molecule has 0 atom stereocenters. The molecule has 0 radical (unpaired) electrons. The van der Waals surface area contributed by atoms with Gasteiger partial charge in [0.15, 0.2) is 17.7 Å². The van der Waals surface area contributed by atoms with Crippen molar-refractivity contribution in [2.45, 2.75) is 0 Å². The highest BCUT2D eigenvalue weighted by atomic mass is 35.5. The Morgan fingerprint density at radius 2 is 1.66 bits per heavy atom. The minimum atomic E-state index is 0.223. The van der Waals surface area contributed by atoms with Crippen LogP contribution in [0, 0.1) is 0 Å². The first kappa shape index (κ1) is 22.0. The van der Waals surface area contributed by atoms with Gasteiger partial charge in [-0.3, -0.25) is 9.59 Å². The van der Waals surface area contributed by atoms with Crippen molar-refractivity contribution >= 4 is 57.9 Å². The number of pyridine rings is 1. The van der Waals surface area contributed by atoms with Gasteiger partial charge in [-0.15, -0.1) is 0 Å². The fourth-order valence-corrected chi connectivity index (χ4v) is 4.39. The van der Waals surface area contributed by atoms with Crippen LogP contribution in [0.15, 0.2) is 54.7 Å². The molecule has 0 amide bonds. The monoisotopic (exact) mass is 483 g/mol. The molecule has 0 aliphatic heterocycles. The highest BCUT2D eigenvalue weighted by molar-refractivity contribution is 7.17. The molecule has 0 saturated heterocycles. The van der Waals surface area contributed by atoms with Crippen LogP contribution in [0.5, 0.6) is 5.88 Å². The summed E-state index contributed by atoms with van der Waals surface area (Å²) >= 11 is 14.7. The first-order chi connectivity index (χ1) is 15.5. The first-order valence-electron chi connectivity index (χ1n) is 9.31. The van der Waals surface area contributed by atoms with Crippen molar-refractivity contribution < 1.29 is 14.3 Å². The van der Waals surface area contributed by atoms with E-state index in [1.54, 1.807) is 12.1 Å². The molecule has 2 aromatic carbocycles. The number of benzene rings is 2. The predicted molar refractivity (Wildman–Crippen MR) is 128 cm³/mol. The van der Waals surface area contributed by atoms with E-state index >= 15 is 0 Å². The van der Waals surface area contributed by atoms with Crippen LogP contribution in [0.1, 0.15) is 20.0 Å². The lowest BCUT2D eigenvalue weighted by Gasteiger charge is -2.14. The van der Waals surface area contributed by atoms with E-state index < -0.39 is 0 Å². The number of methoxy groups -OCH3 is 1. The Labute approximate surface area is 197 Å². The number of ether oxygens (including phenoxy) is 1. The molecule has 0 fully saturated rings. The molecule has 4 rings (SSSR count). The van der Waals surface area contributed by atoms with Crippen molar-refractivity contribution in [2.24, 2.45) is 0 Å². The standard InChI is InChI=1S/C23H15Cl2N3O3S/c1-31-22-13(11-29)8-9-18(27-22)17-6-2-4-15(20(17)24)16-5-3-7-19(21(16)25)28-23-26-10-14(12-30)32-23/h2-12H,1H3,(H,26,28). The maximum Gasteiger partial charge on any atom is 0.224 e. The molecule has 0 aliphatic carbocycles. The first-order valence-corrected chi connectivity index (χ1v) is 10.9. The number of aldehydes is 2. The fraction of sp³-hybridized carbons (Fsp3) is 0.0435. The number of rotatable bonds is 7. The van der Waals surface area contributed by atoms with Gasteiger partial charge in [-0.2, -0.15) is 0 Å². The molecular weight excluding hydrogens is 469 g/mol. The molecule has 160 valence electrons. The minimum Gasteiger partial charge on any atom is -0.480 e. The molecule has 9 heteroatoms. The van der Waals surface area contributed by atoms with Gasteiger partial charge >= 0.3 is 0 Å². The topological polar surface area (TPSA) is 81.2 Å². The second-order valence-corrected chi connectivity index (χ2v) is 8.38.